The van der Waals surface area contributed by atoms with Crippen molar-refractivity contribution in [1.82, 2.24) is 25.1 Å². The number of nitrogen functional groups attached to an aromatic ring is 1. The minimum atomic E-state index is 0.440. The largest absolute Gasteiger partial charge is 0.375 e. The molecular weight excluding hydrogens is 252 g/mol. The maximum absolute atomic E-state index is 5.55. The highest BCUT2D eigenvalue weighted by atomic mass is 32.1. The molecule has 0 bridgehead atoms. The Labute approximate surface area is 106 Å². The second-order valence-electron chi connectivity index (χ2n) is 3.46. The average molecular weight is 260 g/mol. The number of nitrogens with two attached hydrogens (primary N) is 1. The van der Waals surface area contributed by atoms with E-state index >= 15 is 0 Å². The highest BCUT2D eigenvalue weighted by Crippen LogP contribution is 2.16. The van der Waals surface area contributed by atoms with Gasteiger partial charge >= 0.3 is 0 Å². The molecule has 0 aromatic carbocycles. The lowest BCUT2D eigenvalue weighted by Gasteiger charge is -1.89. The normalized spacial score (nSPS) is 10.7. The number of nitrogens with zero attached hydrogens (tertiary/aromatic N) is 5. The number of thiazole rings is 1. The molecule has 0 amide bonds. The van der Waals surface area contributed by atoms with Crippen molar-refractivity contribution >= 4 is 16.5 Å². The molecule has 0 radical (unpaired) electrons. The summed E-state index contributed by atoms with van der Waals surface area (Å²) >= 11 is 1.38. The van der Waals surface area contributed by atoms with E-state index in [0.29, 0.717) is 29.0 Å². The minimum absolute atomic E-state index is 0.440. The Morgan fingerprint density at radius 3 is 3.00 bits per heavy atom. The summed E-state index contributed by atoms with van der Waals surface area (Å²) in [6.45, 7) is 0. The van der Waals surface area contributed by atoms with Crippen LogP contribution in [0.4, 0.5) is 5.13 Å². The summed E-state index contributed by atoms with van der Waals surface area (Å²) in [4.78, 5) is 16.2. The van der Waals surface area contributed by atoms with Gasteiger partial charge in [0.1, 0.15) is 12.0 Å². The Hall–Kier alpha value is -2.35. The van der Waals surface area contributed by atoms with Gasteiger partial charge in [-0.2, -0.15) is 4.98 Å². The van der Waals surface area contributed by atoms with Crippen LogP contribution in [0.1, 0.15) is 11.6 Å². The molecule has 8 heteroatoms. The molecule has 0 atom stereocenters. The highest BCUT2D eigenvalue weighted by molar-refractivity contribution is 7.13. The van der Waals surface area contributed by atoms with Crippen LogP contribution in [-0.2, 0) is 6.42 Å². The predicted molar refractivity (Wildman–Crippen MR) is 64.7 cm³/mol. The van der Waals surface area contributed by atoms with Crippen LogP contribution < -0.4 is 5.73 Å². The van der Waals surface area contributed by atoms with Crippen molar-refractivity contribution in [3.8, 4) is 11.5 Å². The van der Waals surface area contributed by atoms with Gasteiger partial charge in [-0.25, -0.2) is 15.0 Å². The van der Waals surface area contributed by atoms with E-state index in [2.05, 4.69) is 25.1 Å². The van der Waals surface area contributed by atoms with Crippen molar-refractivity contribution in [1.29, 1.82) is 0 Å². The van der Waals surface area contributed by atoms with Crippen LogP contribution >= 0.6 is 11.3 Å². The third kappa shape index (κ3) is 2.18. The molecule has 18 heavy (non-hydrogen) atoms. The number of rotatable bonds is 3. The Balaban J connectivity index is 1.82. The van der Waals surface area contributed by atoms with Crippen LogP contribution in [0.25, 0.3) is 11.5 Å². The number of hydrogen-bond acceptors (Lipinski definition) is 8. The SMILES string of the molecule is Nc1nc(Cc2nc(-c3ccncn3)no2)cs1. The zero-order valence-corrected chi connectivity index (χ0v) is 9.96. The molecule has 0 fully saturated rings. The van der Waals surface area contributed by atoms with E-state index in [0.717, 1.165) is 5.69 Å². The molecule has 7 nitrogen and oxygen atoms in total. The van der Waals surface area contributed by atoms with Crippen molar-refractivity contribution in [2.24, 2.45) is 0 Å². The molecule has 0 aliphatic rings. The van der Waals surface area contributed by atoms with Crippen molar-refractivity contribution in [2.75, 3.05) is 5.73 Å². The first-order valence-corrected chi connectivity index (χ1v) is 5.98. The maximum atomic E-state index is 5.55. The number of anilines is 1. The molecule has 0 spiro atoms. The quantitative estimate of drug-likeness (QED) is 0.753. The topological polar surface area (TPSA) is 104 Å². The summed E-state index contributed by atoms with van der Waals surface area (Å²) in [7, 11) is 0. The third-order valence-electron chi connectivity index (χ3n) is 2.18. The monoisotopic (exact) mass is 260 g/mol. The van der Waals surface area contributed by atoms with Gasteiger partial charge < -0.3 is 10.3 Å². The van der Waals surface area contributed by atoms with E-state index in [1.54, 1.807) is 12.3 Å². The second-order valence-corrected chi connectivity index (χ2v) is 4.35. The van der Waals surface area contributed by atoms with E-state index in [-0.39, 0.29) is 0 Å². The lowest BCUT2D eigenvalue weighted by atomic mass is 10.3. The van der Waals surface area contributed by atoms with Gasteiger partial charge in [0.15, 0.2) is 5.13 Å². The molecule has 2 N–H and O–H groups in total. The van der Waals surface area contributed by atoms with Gasteiger partial charge in [-0.1, -0.05) is 5.16 Å². The lowest BCUT2D eigenvalue weighted by Crippen LogP contribution is -1.91. The fourth-order valence-electron chi connectivity index (χ4n) is 1.41. The predicted octanol–water partition coefficient (Wildman–Crippen LogP) is 1.16. The number of hydrogen-bond donors (Lipinski definition) is 1. The minimum Gasteiger partial charge on any atom is -0.375 e. The molecule has 90 valence electrons. The highest BCUT2D eigenvalue weighted by Gasteiger charge is 2.11. The maximum Gasteiger partial charge on any atom is 0.233 e. The summed E-state index contributed by atoms with van der Waals surface area (Å²) in [6.07, 6.45) is 3.53. The van der Waals surface area contributed by atoms with Crippen LogP contribution in [0.5, 0.6) is 0 Å². The fraction of sp³-hybridized carbons (Fsp3) is 0.100. The van der Waals surface area contributed by atoms with Crippen LogP contribution in [0, 0.1) is 0 Å². The van der Waals surface area contributed by atoms with Gasteiger partial charge in [0.25, 0.3) is 0 Å². The van der Waals surface area contributed by atoms with Crippen molar-refractivity contribution in [3.63, 3.8) is 0 Å². The molecule has 3 aromatic rings. The van der Waals surface area contributed by atoms with Gasteiger partial charge in [0.2, 0.25) is 11.7 Å². The summed E-state index contributed by atoms with van der Waals surface area (Å²) in [5.41, 5.74) is 6.99. The second kappa shape index (κ2) is 4.49. The summed E-state index contributed by atoms with van der Waals surface area (Å²) in [5.74, 6) is 0.921. The van der Waals surface area contributed by atoms with Gasteiger partial charge in [0, 0.05) is 11.6 Å². The van der Waals surface area contributed by atoms with Crippen molar-refractivity contribution in [2.45, 2.75) is 6.42 Å². The van der Waals surface area contributed by atoms with Crippen molar-refractivity contribution < 1.29 is 4.52 Å². The molecule has 3 heterocycles. The van der Waals surface area contributed by atoms with E-state index in [9.17, 15) is 0 Å². The molecule has 3 rings (SSSR count). The van der Waals surface area contributed by atoms with Crippen LogP contribution in [0.3, 0.4) is 0 Å². The Kier molecular flexibility index (Phi) is 2.69. The molecule has 0 aliphatic heterocycles. The molecule has 0 unspecified atom stereocenters. The molecule has 3 aromatic heterocycles. The molecular formula is C10H8N6OS. The summed E-state index contributed by atoms with van der Waals surface area (Å²) < 4.78 is 5.13. The average Bonchev–Trinajstić information content (AvgIpc) is 3.01. The Morgan fingerprint density at radius 2 is 2.28 bits per heavy atom. The molecule has 0 saturated carbocycles. The van der Waals surface area contributed by atoms with Gasteiger partial charge in [-0.05, 0) is 6.07 Å². The molecule has 0 aliphatic carbocycles. The van der Waals surface area contributed by atoms with E-state index < -0.39 is 0 Å². The molecule has 0 saturated heterocycles. The first kappa shape index (κ1) is 10.8. The van der Waals surface area contributed by atoms with E-state index in [1.165, 1.54) is 17.7 Å². The van der Waals surface area contributed by atoms with E-state index in [4.69, 9.17) is 10.3 Å². The van der Waals surface area contributed by atoms with Crippen molar-refractivity contribution in [3.05, 3.63) is 35.6 Å². The zero-order valence-electron chi connectivity index (χ0n) is 9.15. The first-order valence-electron chi connectivity index (χ1n) is 5.10. The Bertz CT molecular complexity index is 649. The van der Waals surface area contributed by atoms with Crippen LogP contribution in [0.15, 0.2) is 28.5 Å². The summed E-state index contributed by atoms with van der Waals surface area (Å²) in [5, 5.41) is 6.25. The van der Waals surface area contributed by atoms with Gasteiger partial charge in [-0.3, -0.25) is 0 Å². The van der Waals surface area contributed by atoms with Crippen LogP contribution in [-0.4, -0.2) is 25.1 Å². The Morgan fingerprint density at radius 1 is 1.33 bits per heavy atom. The lowest BCUT2D eigenvalue weighted by molar-refractivity contribution is 0.385. The summed E-state index contributed by atoms with van der Waals surface area (Å²) in [6, 6.07) is 1.72. The standard InChI is InChI=1S/C10H8N6OS/c11-10-14-6(4-18-10)3-8-15-9(16-17-8)7-1-2-12-5-13-7/h1-2,4-5H,3H2,(H2,11,14). The van der Waals surface area contributed by atoms with E-state index in [1.807, 2.05) is 5.38 Å². The van der Waals surface area contributed by atoms with Gasteiger partial charge in [0.05, 0.1) is 12.1 Å². The number of aromatic nitrogens is 5. The third-order valence-corrected chi connectivity index (χ3v) is 2.90. The first-order chi connectivity index (χ1) is 8.81. The smallest absolute Gasteiger partial charge is 0.233 e. The van der Waals surface area contributed by atoms with Crippen LogP contribution in [0.2, 0.25) is 0 Å². The fourth-order valence-corrected chi connectivity index (χ4v) is 1.98. The zero-order chi connectivity index (χ0) is 12.4. The van der Waals surface area contributed by atoms with Gasteiger partial charge in [-0.15, -0.1) is 11.3 Å².